The molecule has 3 aliphatic rings. The van der Waals surface area contributed by atoms with Gasteiger partial charge in [-0.1, -0.05) is 42.5 Å². The first kappa shape index (κ1) is 22.3. The number of pyridine rings is 1. The smallest absolute Gasteiger partial charge is 0.338 e. The van der Waals surface area contributed by atoms with E-state index in [0.29, 0.717) is 5.56 Å². The minimum atomic E-state index is -0.278. The van der Waals surface area contributed by atoms with Gasteiger partial charge in [0.25, 0.3) is 0 Å². The Labute approximate surface area is 225 Å². The van der Waals surface area contributed by atoms with Crippen LogP contribution in [0.1, 0.15) is 40.7 Å². The molecule has 0 saturated heterocycles. The van der Waals surface area contributed by atoms with E-state index < -0.39 is 0 Å². The van der Waals surface area contributed by atoms with Gasteiger partial charge >= 0.3 is 5.97 Å². The first-order chi connectivity index (χ1) is 19.1. The van der Waals surface area contributed by atoms with E-state index in [1.165, 1.54) is 6.42 Å². The molecule has 1 fully saturated rings. The molecule has 7 nitrogen and oxygen atoms in total. The highest BCUT2D eigenvalue weighted by Gasteiger charge is 2.35. The molecule has 39 heavy (non-hydrogen) atoms. The minimum absolute atomic E-state index is 0.235. The van der Waals surface area contributed by atoms with Crippen LogP contribution in [0.4, 0.5) is 11.5 Å². The first-order valence-corrected chi connectivity index (χ1v) is 13.2. The molecule has 0 bridgehead atoms. The number of carbonyl (C=O) groups excluding carboxylic acids is 1. The summed E-state index contributed by atoms with van der Waals surface area (Å²) in [5.74, 6) is 1.30. The van der Waals surface area contributed by atoms with Crippen molar-refractivity contribution in [1.82, 2.24) is 14.5 Å². The summed E-state index contributed by atoms with van der Waals surface area (Å²) in [6, 6.07) is 26.6. The van der Waals surface area contributed by atoms with Crippen LogP contribution in [0.25, 0.3) is 39.6 Å². The Morgan fingerprint density at radius 1 is 0.923 bits per heavy atom. The minimum Gasteiger partial charge on any atom is -0.457 e. The van der Waals surface area contributed by atoms with E-state index >= 15 is 0 Å². The molecule has 7 heteroatoms. The monoisotopic (exact) mass is 511 g/mol. The number of fused-ring (bicyclic) bond motifs is 6. The highest BCUT2D eigenvalue weighted by atomic mass is 16.5. The van der Waals surface area contributed by atoms with Gasteiger partial charge in [0.05, 0.1) is 28.3 Å². The Kier molecular flexibility index (Phi) is 4.63. The molecule has 0 unspecified atom stereocenters. The van der Waals surface area contributed by atoms with Crippen molar-refractivity contribution in [2.24, 2.45) is 5.73 Å². The predicted molar refractivity (Wildman–Crippen MR) is 150 cm³/mol. The Bertz CT molecular complexity index is 1800. The summed E-state index contributed by atoms with van der Waals surface area (Å²) >= 11 is 0. The van der Waals surface area contributed by atoms with Crippen molar-refractivity contribution in [3.8, 4) is 39.6 Å². The van der Waals surface area contributed by atoms with Gasteiger partial charge in [0.15, 0.2) is 5.82 Å². The van der Waals surface area contributed by atoms with Crippen molar-refractivity contribution in [3.63, 3.8) is 0 Å². The van der Waals surface area contributed by atoms with Crippen LogP contribution in [-0.2, 0) is 16.9 Å². The molecule has 1 aliphatic carbocycles. The van der Waals surface area contributed by atoms with Gasteiger partial charge in [0, 0.05) is 34.0 Å². The molecule has 8 rings (SSSR count). The number of anilines is 2. The molecule has 0 amide bonds. The molecule has 5 aromatic rings. The second kappa shape index (κ2) is 8.12. The lowest BCUT2D eigenvalue weighted by Crippen LogP contribution is -2.43. The van der Waals surface area contributed by atoms with Crippen LogP contribution in [0.3, 0.4) is 0 Å². The van der Waals surface area contributed by atoms with Crippen LogP contribution in [0.5, 0.6) is 0 Å². The predicted octanol–water partition coefficient (Wildman–Crippen LogP) is 6.33. The highest BCUT2D eigenvalue weighted by Crippen LogP contribution is 2.45. The van der Waals surface area contributed by atoms with Gasteiger partial charge in [-0.05, 0) is 61.2 Å². The second-order valence-electron chi connectivity index (χ2n) is 10.5. The summed E-state index contributed by atoms with van der Waals surface area (Å²) in [6.07, 6.45) is 4.98. The third-order valence-corrected chi connectivity index (χ3v) is 8.26. The zero-order valence-corrected chi connectivity index (χ0v) is 21.1. The number of aromatic nitrogens is 3. The number of nitrogens with zero attached hydrogens (tertiary/aromatic N) is 3. The second-order valence-corrected chi connectivity index (χ2v) is 10.5. The lowest BCUT2D eigenvalue weighted by molar-refractivity contribution is 0.0535. The zero-order valence-electron chi connectivity index (χ0n) is 21.1. The number of hydrogen-bond acceptors (Lipinski definition) is 6. The Morgan fingerprint density at radius 3 is 2.56 bits per heavy atom. The number of nitrogens with two attached hydrogens (primary N) is 1. The summed E-state index contributed by atoms with van der Waals surface area (Å²) in [4.78, 5) is 22.1. The molecule has 1 saturated carbocycles. The largest absolute Gasteiger partial charge is 0.457 e. The van der Waals surface area contributed by atoms with E-state index in [2.05, 4.69) is 51.3 Å². The van der Waals surface area contributed by atoms with E-state index in [1.54, 1.807) is 6.20 Å². The molecular weight excluding hydrogens is 486 g/mol. The summed E-state index contributed by atoms with van der Waals surface area (Å²) < 4.78 is 7.48. The van der Waals surface area contributed by atoms with Crippen molar-refractivity contribution in [3.05, 3.63) is 102 Å². The third-order valence-electron chi connectivity index (χ3n) is 8.26. The van der Waals surface area contributed by atoms with Crippen LogP contribution in [-0.4, -0.2) is 20.5 Å². The van der Waals surface area contributed by atoms with Crippen molar-refractivity contribution >= 4 is 17.5 Å². The standard InChI is InChI=1S/C32H25N5O2/c33-32(14-4-15-32)22-11-8-19(9-12-22)28-27(20-10-13-23-21(17-20)18-39-31(23)38)36-30-24-5-1-2-6-25(24)35-29-26(37(28)30)7-3-16-34-29/h1-3,5-13,16-17H,4,14-15,18,33H2,(H,34,35). The van der Waals surface area contributed by atoms with E-state index in [9.17, 15) is 4.79 Å². The fourth-order valence-corrected chi connectivity index (χ4v) is 5.98. The van der Waals surface area contributed by atoms with Crippen molar-refractivity contribution in [1.29, 1.82) is 0 Å². The maximum atomic E-state index is 12.2. The molecule has 3 aromatic carbocycles. The number of carbonyl (C=O) groups is 1. The van der Waals surface area contributed by atoms with Gasteiger partial charge in [-0.15, -0.1) is 0 Å². The van der Waals surface area contributed by atoms with Gasteiger partial charge in [0.1, 0.15) is 12.4 Å². The number of cyclic esters (lactones) is 1. The Morgan fingerprint density at radius 2 is 1.74 bits per heavy atom. The topological polar surface area (TPSA) is 95.1 Å². The van der Waals surface area contributed by atoms with Gasteiger partial charge in [-0.2, -0.15) is 0 Å². The van der Waals surface area contributed by atoms with Crippen LogP contribution in [0.2, 0.25) is 0 Å². The maximum Gasteiger partial charge on any atom is 0.338 e. The highest BCUT2D eigenvalue weighted by molar-refractivity contribution is 5.95. The van der Waals surface area contributed by atoms with Gasteiger partial charge in [-0.3, -0.25) is 4.57 Å². The summed E-state index contributed by atoms with van der Waals surface area (Å²) in [5.41, 5.74) is 15.6. The SMILES string of the molecule is NC1(c2ccc(-c3c(-c4ccc5c(c4)COC5=O)nc4n3-c3cccnc3Nc3ccccc3-4)cc2)CCC1. The maximum absolute atomic E-state index is 12.2. The van der Waals surface area contributed by atoms with Crippen LogP contribution < -0.4 is 11.1 Å². The molecule has 2 aromatic heterocycles. The zero-order chi connectivity index (χ0) is 26.1. The number of hydrogen-bond donors (Lipinski definition) is 2. The fourth-order valence-electron chi connectivity index (χ4n) is 5.98. The molecule has 2 aliphatic heterocycles. The summed E-state index contributed by atoms with van der Waals surface area (Å²) in [7, 11) is 0. The van der Waals surface area contributed by atoms with Crippen LogP contribution in [0.15, 0.2) is 85.1 Å². The van der Waals surface area contributed by atoms with Crippen LogP contribution >= 0.6 is 0 Å². The molecule has 0 spiro atoms. The lowest BCUT2D eigenvalue weighted by Gasteiger charge is -2.38. The molecule has 4 heterocycles. The van der Waals surface area contributed by atoms with Gasteiger partial charge < -0.3 is 15.8 Å². The molecule has 0 atom stereocenters. The number of rotatable bonds is 3. The molecule has 3 N–H and O–H groups in total. The number of benzene rings is 3. The summed E-state index contributed by atoms with van der Waals surface area (Å²) in [5, 5.41) is 3.51. The van der Waals surface area contributed by atoms with Gasteiger partial charge in [-0.25, -0.2) is 14.8 Å². The molecule has 0 radical (unpaired) electrons. The number of ether oxygens (including phenoxy) is 1. The number of esters is 1. The van der Waals surface area contributed by atoms with Crippen molar-refractivity contribution in [2.45, 2.75) is 31.4 Å². The normalized spacial score (nSPS) is 16.1. The van der Waals surface area contributed by atoms with Gasteiger partial charge in [0.2, 0.25) is 0 Å². The number of nitrogens with one attached hydrogen (secondary N) is 1. The third kappa shape index (κ3) is 3.30. The average Bonchev–Trinajstić information content (AvgIpc) is 3.49. The quantitative estimate of drug-likeness (QED) is 0.270. The van der Waals surface area contributed by atoms with Crippen molar-refractivity contribution < 1.29 is 9.53 Å². The fraction of sp³-hybridized carbons (Fsp3) is 0.156. The van der Waals surface area contributed by atoms with E-state index in [-0.39, 0.29) is 18.1 Å². The van der Waals surface area contributed by atoms with E-state index in [1.807, 2.05) is 42.5 Å². The molecule has 190 valence electrons. The number of para-hydroxylation sites is 1. The van der Waals surface area contributed by atoms with E-state index in [0.717, 1.165) is 75.1 Å². The Hall–Kier alpha value is -4.75. The molecular formula is C32H25N5O2. The van der Waals surface area contributed by atoms with Crippen LogP contribution in [0, 0.1) is 0 Å². The average molecular weight is 512 g/mol. The van der Waals surface area contributed by atoms with E-state index in [4.69, 9.17) is 15.5 Å². The first-order valence-electron chi connectivity index (χ1n) is 13.2. The van der Waals surface area contributed by atoms with Crippen molar-refractivity contribution in [2.75, 3.05) is 5.32 Å². The lowest BCUT2D eigenvalue weighted by atomic mass is 9.72. The Balaban J connectivity index is 1.42. The number of imidazole rings is 1. The summed E-state index contributed by atoms with van der Waals surface area (Å²) in [6.45, 7) is 0.275.